The van der Waals surface area contributed by atoms with Gasteiger partial charge in [0.05, 0.1) is 0 Å². The lowest BCUT2D eigenvalue weighted by Gasteiger charge is -2.15. The summed E-state index contributed by atoms with van der Waals surface area (Å²) in [5.41, 5.74) is 1.31. The second kappa shape index (κ2) is 6.14. The molecule has 1 atom stereocenters. The maximum Gasteiger partial charge on any atom is 0.135 e. The number of hydrogen-bond acceptors (Lipinski definition) is 2. The molecule has 0 aliphatic rings. The molecule has 0 aliphatic heterocycles. The van der Waals surface area contributed by atoms with Crippen molar-refractivity contribution in [1.29, 1.82) is 0 Å². The highest BCUT2D eigenvalue weighted by Gasteiger charge is 2.15. The van der Waals surface area contributed by atoms with E-state index in [0.29, 0.717) is 5.92 Å². The van der Waals surface area contributed by atoms with Crippen LogP contribution in [0.3, 0.4) is 0 Å². The maximum absolute atomic E-state index is 4.40. The lowest BCUT2D eigenvalue weighted by atomic mass is 9.93. The van der Waals surface area contributed by atoms with E-state index in [0.717, 1.165) is 12.2 Å². The molecule has 0 spiro atoms. The number of nitrogens with zero attached hydrogens (tertiary/aromatic N) is 2. The summed E-state index contributed by atoms with van der Waals surface area (Å²) in [6, 6.07) is 12.4. The van der Waals surface area contributed by atoms with Crippen LogP contribution in [0.2, 0.25) is 0 Å². The van der Waals surface area contributed by atoms with E-state index < -0.39 is 0 Å². The van der Waals surface area contributed by atoms with E-state index in [1.807, 2.05) is 24.5 Å². The Hall–Kier alpha value is -1.70. The molecule has 0 fully saturated rings. The molecular formula is C15H18N2. The van der Waals surface area contributed by atoms with Crippen LogP contribution in [0.1, 0.15) is 43.5 Å². The largest absolute Gasteiger partial charge is 0.241 e. The first-order chi connectivity index (χ1) is 8.42. The van der Waals surface area contributed by atoms with E-state index in [2.05, 4.69) is 41.2 Å². The Morgan fingerprint density at radius 2 is 1.71 bits per heavy atom. The summed E-state index contributed by atoms with van der Waals surface area (Å²) in [6.45, 7) is 2.22. The minimum absolute atomic E-state index is 0.331. The third kappa shape index (κ3) is 3.13. The van der Waals surface area contributed by atoms with Crippen LogP contribution in [0.4, 0.5) is 0 Å². The Balaban J connectivity index is 2.26. The molecule has 0 saturated carbocycles. The lowest BCUT2D eigenvalue weighted by Crippen LogP contribution is -2.05. The van der Waals surface area contributed by atoms with Gasteiger partial charge in [0, 0.05) is 18.3 Å². The van der Waals surface area contributed by atoms with Gasteiger partial charge in [-0.15, -0.1) is 0 Å². The van der Waals surface area contributed by atoms with Crippen LogP contribution < -0.4 is 0 Å². The van der Waals surface area contributed by atoms with E-state index in [1.54, 1.807) is 0 Å². The number of rotatable bonds is 5. The number of benzene rings is 1. The molecule has 0 amide bonds. The number of hydrogen-bond donors (Lipinski definition) is 0. The minimum Gasteiger partial charge on any atom is -0.241 e. The van der Waals surface area contributed by atoms with Gasteiger partial charge in [-0.3, -0.25) is 0 Å². The van der Waals surface area contributed by atoms with Crippen LogP contribution in [-0.4, -0.2) is 9.97 Å². The van der Waals surface area contributed by atoms with E-state index >= 15 is 0 Å². The van der Waals surface area contributed by atoms with E-state index in [9.17, 15) is 0 Å². The third-order valence-corrected chi connectivity index (χ3v) is 2.95. The van der Waals surface area contributed by atoms with Crippen LogP contribution >= 0.6 is 0 Å². The smallest absolute Gasteiger partial charge is 0.135 e. The molecule has 1 unspecified atom stereocenters. The first-order valence-corrected chi connectivity index (χ1v) is 6.23. The van der Waals surface area contributed by atoms with Crippen molar-refractivity contribution < 1.29 is 0 Å². The molecule has 1 heterocycles. The van der Waals surface area contributed by atoms with Gasteiger partial charge in [0.2, 0.25) is 0 Å². The van der Waals surface area contributed by atoms with Crippen LogP contribution in [0.15, 0.2) is 48.8 Å². The summed E-state index contributed by atoms with van der Waals surface area (Å²) in [5.74, 6) is 1.27. The molecule has 0 saturated heterocycles. The van der Waals surface area contributed by atoms with Gasteiger partial charge in [-0.25, -0.2) is 9.97 Å². The van der Waals surface area contributed by atoms with Gasteiger partial charge in [0.1, 0.15) is 5.82 Å². The zero-order valence-corrected chi connectivity index (χ0v) is 10.2. The molecule has 2 aromatic rings. The van der Waals surface area contributed by atoms with Gasteiger partial charge >= 0.3 is 0 Å². The average molecular weight is 226 g/mol. The minimum atomic E-state index is 0.331. The Kier molecular flexibility index (Phi) is 4.25. The molecule has 0 bridgehead atoms. The first-order valence-electron chi connectivity index (χ1n) is 6.23. The molecular weight excluding hydrogens is 208 g/mol. The second-order valence-electron chi connectivity index (χ2n) is 4.21. The summed E-state index contributed by atoms with van der Waals surface area (Å²) < 4.78 is 0. The Morgan fingerprint density at radius 1 is 1.00 bits per heavy atom. The summed E-state index contributed by atoms with van der Waals surface area (Å²) in [7, 11) is 0. The first kappa shape index (κ1) is 11.8. The van der Waals surface area contributed by atoms with Crippen LogP contribution in [0.5, 0.6) is 0 Å². The number of unbranched alkanes of at least 4 members (excludes halogenated alkanes) is 1. The van der Waals surface area contributed by atoms with Gasteiger partial charge < -0.3 is 0 Å². The fourth-order valence-electron chi connectivity index (χ4n) is 2.03. The van der Waals surface area contributed by atoms with Gasteiger partial charge in [0.25, 0.3) is 0 Å². The molecule has 2 nitrogen and oxygen atoms in total. The van der Waals surface area contributed by atoms with Gasteiger partial charge in [-0.2, -0.15) is 0 Å². The molecule has 0 N–H and O–H groups in total. The van der Waals surface area contributed by atoms with Crippen molar-refractivity contribution in [1.82, 2.24) is 9.97 Å². The van der Waals surface area contributed by atoms with Crippen molar-refractivity contribution in [2.75, 3.05) is 0 Å². The van der Waals surface area contributed by atoms with Crippen LogP contribution in [-0.2, 0) is 0 Å². The lowest BCUT2D eigenvalue weighted by molar-refractivity contribution is 0.622. The van der Waals surface area contributed by atoms with Gasteiger partial charge in [0.15, 0.2) is 0 Å². The Morgan fingerprint density at radius 3 is 2.35 bits per heavy atom. The highest BCUT2D eigenvalue weighted by Crippen LogP contribution is 2.26. The summed E-state index contributed by atoms with van der Waals surface area (Å²) in [4.78, 5) is 8.79. The highest BCUT2D eigenvalue weighted by molar-refractivity contribution is 5.25. The SMILES string of the molecule is CCCCC(c1ccccc1)c1ncccn1. The van der Waals surface area contributed by atoms with Crippen molar-refractivity contribution in [2.24, 2.45) is 0 Å². The Bertz CT molecular complexity index is 386. The quantitative estimate of drug-likeness (QED) is 0.775. The average Bonchev–Trinajstić information content (AvgIpc) is 2.42. The van der Waals surface area contributed by atoms with Crippen molar-refractivity contribution in [2.45, 2.75) is 32.1 Å². The van der Waals surface area contributed by atoms with Crippen LogP contribution in [0, 0.1) is 0 Å². The van der Waals surface area contributed by atoms with Crippen LogP contribution in [0.25, 0.3) is 0 Å². The summed E-state index contributed by atoms with van der Waals surface area (Å²) in [6.07, 6.45) is 7.17. The van der Waals surface area contributed by atoms with E-state index in [-0.39, 0.29) is 0 Å². The standard InChI is InChI=1S/C15H18N2/c1-2-3-10-14(13-8-5-4-6-9-13)15-16-11-7-12-17-15/h4-9,11-12,14H,2-3,10H2,1H3. The fraction of sp³-hybridized carbons (Fsp3) is 0.333. The molecule has 17 heavy (non-hydrogen) atoms. The van der Waals surface area contributed by atoms with Crippen molar-refractivity contribution in [3.63, 3.8) is 0 Å². The molecule has 2 rings (SSSR count). The second-order valence-corrected chi connectivity index (χ2v) is 4.21. The van der Waals surface area contributed by atoms with Gasteiger partial charge in [-0.1, -0.05) is 50.1 Å². The summed E-state index contributed by atoms with van der Waals surface area (Å²) in [5, 5.41) is 0. The molecule has 1 aromatic heterocycles. The Labute approximate surface area is 103 Å². The fourth-order valence-corrected chi connectivity index (χ4v) is 2.03. The third-order valence-electron chi connectivity index (χ3n) is 2.95. The van der Waals surface area contributed by atoms with Gasteiger partial charge in [-0.05, 0) is 18.1 Å². The maximum atomic E-state index is 4.40. The molecule has 2 heteroatoms. The normalized spacial score (nSPS) is 12.3. The zero-order chi connectivity index (χ0) is 11.9. The van der Waals surface area contributed by atoms with E-state index in [4.69, 9.17) is 0 Å². The molecule has 0 aliphatic carbocycles. The molecule has 1 aromatic carbocycles. The molecule has 88 valence electrons. The highest BCUT2D eigenvalue weighted by atomic mass is 14.9. The monoisotopic (exact) mass is 226 g/mol. The molecule has 0 radical (unpaired) electrons. The zero-order valence-electron chi connectivity index (χ0n) is 10.2. The van der Waals surface area contributed by atoms with Crippen molar-refractivity contribution >= 4 is 0 Å². The summed E-state index contributed by atoms with van der Waals surface area (Å²) >= 11 is 0. The number of aromatic nitrogens is 2. The van der Waals surface area contributed by atoms with E-state index in [1.165, 1.54) is 18.4 Å². The van der Waals surface area contributed by atoms with Crippen molar-refractivity contribution in [3.05, 3.63) is 60.2 Å². The van der Waals surface area contributed by atoms with Crippen molar-refractivity contribution in [3.8, 4) is 0 Å². The topological polar surface area (TPSA) is 25.8 Å². The predicted molar refractivity (Wildman–Crippen MR) is 69.8 cm³/mol. The predicted octanol–water partition coefficient (Wildman–Crippen LogP) is 3.80.